The van der Waals surface area contributed by atoms with E-state index in [1.807, 2.05) is 25.2 Å². The summed E-state index contributed by atoms with van der Waals surface area (Å²) in [7, 11) is 1.85. The lowest BCUT2D eigenvalue weighted by Gasteiger charge is -2.26. The average Bonchev–Trinajstić information content (AvgIpc) is 3.52. The fraction of sp³-hybridized carbons (Fsp3) is 0.545. The van der Waals surface area contributed by atoms with Crippen molar-refractivity contribution in [3.05, 3.63) is 40.5 Å². The fourth-order valence-electron chi connectivity index (χ4n) is 3.62. The molecule has 1 aromatic heterocycles. The summed E-state index contributed by atoms with van der Waals surface area (Å²) in [6.45, 7) is 5.20. The van der Waals surface area contributed by atoms with Crippen molar-refractivity contribution in [3.8, 4) is 5.75 Å². The molecule has 1 aromatic carbocycles. The standard InChI is InChI=1S/C22H29ClN4O3/c1-26-21(15-19(25-26)17-4-5-17)24-22(28)14-16-3-6-20(18(23)13-16)30-10-2-7-27-8-11-29-12-9-27/h3,6,13,15,17H,2,4-5,7-12,14H2,1H3,(H,24,28). The minimum atomic E-state index is -0.0874. The Bertz CT molecular complexity index is 875. The Morgan fingerprint density at radius 2 is 2.10 bits per heavy atom. The largest absolute Gasteiger partial charge is 0.492 e. The molecule has 2 heterocycles. The van der Waals surface area contributed by atoms with E-state index in [4.69, 9.17) is 21.1 Å². The van der Waals surface area contributed by atoms with E-state index in [-0.39, 0.29) is 12.3 Å². The normalized spacial score (nSPS) is 17.1. The number of ether oxygens (including phenoxy) is 2. The number of aryl methyl sites for hydroxylation is 1. The number of hydrogen-bond donors (Lipinski definition) is 1. The van der Waals surface area contributed by atoms with Crippen molar-refractivity contribution in [3.63, 3.8) is 0 Å². The summed E-state index contributed by atoms with van der Waals surface area (Å²) in [6.07, 6.45) is 3.56. The second kappa shape index (κ2) is 9.81. The summed E-state index contributed by atoms with van der Waals surface area (Å²) in [4.78, 5) is 14.8. The molecule has 0 spiro atoms. The molecule has 1 aliphatic carbocycles. The summed E-state index contributed by atoms with van der Waals surface area (Å²) in [6, 6.07) is 7.50. The summed E-state index contributed by atoms with van der Waals surface area (Å²) in [5.74, 6) is 1.86. The molecule has 4 rings (SSSR count). The van der Waals surface area contributed by atoms with E-state index in [2.05, 4.69) is 15.3 Å². The Morgan fingerprint density at radius 1 is 1.30 bits per heavy atom. The summed E-state index contributed by atoms with van der Waals surface area (Å²) >= 11 is 6.37. The van der Waals surface area contributed by atoms with Gasteiger partial charge in [-0.15, -0.1) is 0 Å². The molecule has 1 saturated heterocycles. The molecule has 1 saturated carbocycles. The Labute approximate surface area is 182 Å². The Balaban J connectivity index is 1.23. The second-order valence-electron chi connectivity index (χ2n) is 8.00. The van der Waals surface area contributed by atoms with Crippen molar-refractivity contribution in [1.82, 2.24) is 14.7 Å². The Morgan fingerprint density at radius 3 is 2.83 bits per heavy atom. The SMILES string of the molecule is Cn1nc(C2CC2)cc1NC(=O)Cc1ccc(OCCCN2CCOCC2)c(Cl)c1. The van der Waals surface area contributed by atoms with Crippen LogP contribution in [-0.2, 0) is 23.0 Å². The van der Waals surface area contributed by atoms with Crippen LogP contribution >= 0.6 is 11.6 Å². The summed E-state index contributed by atoms with van der Waals surface area (Å²) in [5.41, 5.74) is 1.91. The van der Waals surface area contributed by atoms with Gasteiger partial charge in [-0.25, -0.2) is 0 Å². The van der Waals surface area contributed by atoms with Gasteiger partial charge in [-0.2, -0.15) is 5.10 Å². The van der Waals surface area contributed by atoms with Crippen LogP contribution < -0.4 is 10.1 Å². The molecule has 0 bridgehead atoms. The van der Waals surface area contributed by atoms with Gasteiger partial charge in [-0.05, 0) is 37.0 Å². The van der Waals surface area contributed by atoms with Crippen molar-refractivity contribution < 1.29 is 14.3 Å². The second-order valence-corrected chi connectivity index (χ2v) is 8.41. The molecule has 1 aliphatic heterocycles. The van der Waals surface area contributed by atoms with E-state index >= 15 is 0 Å². The smallest absolute Gasteiger partial charge is 0.229 e. The number of rotatable bonds is 9. The van der Waals surface area contributed by atoms with E-state index in [9.17, 15) is 4.79 Å². The van der Waals surface area contributed by atoms with Crippen LogP contribution in [0.5, 0.6) is 5.75 Å². The van der Waals surface area contributed by atoms with E-state index in [0.29, 0.717) is 23.3 Å². The molecule has 0 radical (unpaired) electrons. The van der Waals surface area contributed by atoms with Gasteiger partial charge >= 0.3 is 0 Å². The van der Waals surface area contributed by atoms with Gasteiger partial charge < -0.3 is 14.8 Å². The number of halogens is 1. The highest BCUT2D eigenvalue weighted by Crippen LogP contribution is 2.39. The third-order valence-corrected chi connectivity index (χ3v) is 5.80. The summed E-state index contributed by atoms with van der Waals surface area (Å²) in [5, 5.41) is 7.95. The van der Waals surface area contributed by atoms with E-state index in [1.54, 1.807) is 10.7 Å². The molecule has 0 atom stereocenters. The van der Waals surface area contributed by atoms with Gasteiger partial charge in [0.05, 0.1) is 37.0 Å². The maximum atomic E-state index is 12.4. The number of carbonyl (C=O) groups excluding carboxylic acids is 1. The maximum Gasteiger partial charge on any atom is 0.229 e. The highest BCUT2D eigenvalue weighted by molar-refractivity contribution is 6.32. The number of carbonyl (C=O) groups is 1. The third-order valence-electron chi connectivity index (χ3n) is 5.50. The van der Waals surface area contributed by atoms with E-state index < -0.39 is 0 Å². The number of benzene rings is 1. The van der Waals surface area contributed by atoms with Crippen LogP contribution in [0, 0.1) is 0 Å². The lowest BCUT2D eigenvalue weighted by Crippen LogP contribution is -2.37. The molecule has 7 nitrogen and oxygen atoms in total. The van der Waals surface area contributed by atoms with Gasteiger partial charge in [-0.1, -0.05) is 17.7 Å². The molecule has 2 aliphatic rings. The van der Waals surface area contributed by atoms with Crippen LogP contribution in [-0.4, -0.2) is 60.0 Å². The first-order chi connectivity index (χ1) is 14.6. The van der Waals surface area contributed by atoms with Crippen molar-refractivity contribution in [2.45, 2.75) is 31.6 Å². The van der Waals surface area contributed by atoms with Gasteiger partial charge in [0.15, 0.2) is 0 Å². The highest BCUT2D eigenvalue weighted by atomic mass is 35.5. The molecule has 1 N–H and O–H groups in total. The first kappa shape index (κ1) is 21.2. The van der Waals surface area contributed by atoms with E-state index in [1.165, 1.54) is 12.8 Å². The number of nitrogens with zero attached hydrogens (tertiary/aromatic N) is 3. The lowest BCUT2D eigenvalue weighted by molar-refractivity contribution is -0.115. The number of hydrogen-bond acceptors (Lipinski definition) is 5. The minimum Gasteiger partial charge on any atom is -0.492 e. The third kappa shape index (κ3) is 5.74. The quantitative estimate of drug-likeness (QED) is 0.616. The zero-order chi connectivity index (χ0) is 20.9. The van der Waals surface area contributed by atoms with Gasteiger partial charge in [-0.3, -0.25) is 14.4 Å². The Kier molecular flexibility index (Phi) is 6.92. The van der Waals surface area contributed by atoms with Crippen LogP contribution in [0.4, 0.5) is 5.82 Å². The Hall–Kier alpha value is -2.09. The number of aromatic nitrogens is 2. The fourth-order valence-corrected chi connectivity index (χ4v) is 3.88. The molecule has 1 amide bonds. The lowest BCUT2D eigenvalue weighted by atomic mass is 10.1. The zero-order valence-electron chi connectivity index (χ0n) is 17.4. The highest BCUT2D eigenvalue weighted by Gasteiger charge is 2.27. The van der Waals surface area contributed by atoms with Crippen LogP contribution in [0.3, 0.4) is 0 Å². The van der Waals surface area contributed by atoms with Crippen molar-refractivity contribution in [2.75, 3.05) is 44.8 Å². The first-order valence-electron chi connectivity index (χ1n) is 10.6. The van der Waals surface area contributed by atoms with Gasteiger partial charge in [0, 0.05) is 38.7 Å². The molecular weight excluding hydrogens is 404 g/mol. The van der Waals surface area contributed by atoms with Gasteiger partial charge in [0.1, 0.15) is 11.6 Å². The topological polar surface area (TPSA) is 68.6 Å². The predicted molar refractivity (Wildman–Crippen MR) is 116 cm³/mol. The number of amides is 1. The molecule has 0 unspecified atom stereocenters. The van der Waals surface area contributed by atoms with Crippen molar-refractivity contribution >= 4 is 23.3 Å². The van der Waals surface area contributed by atoms with Crippen LogP contribution in [0.15, 0.2) is 24.3 Å². The number of anilines is 1. The number of nitrogens with one attached hydrogen (secondary N) is 1. The predicted octanol–water partition coefficient (Wildman–Crippen LogP) is 3.23. The minimum absolute atomic E-state index is 0.0874. The summed E-state index contributed by atoms with van der Waals surface area (Å²) < 4.78 is 12.9. The molecule has 162 valence electrons. The van der Waals surface area contributed by atoms with Crippen LogP contribution in [0.1, 0.15) is 36.4 Å². The molecule has 2 fully saturated rings. The monoisotopic (exact) mass is 432 g/mol. The van der Waals surface area contributed by atoms with Crippen LogP contribution in [0.25, 0.3) is 0 Å². The molecule has 2 aromatic rings. The van der Waals surface area contributed by atoms with Gasteiger partial charge in [0.25, 0.3) is 0 Å². The van der Waals surface area contributed by atoms with E-state index in [0.717, 1.165) is 56.3 Å². The van der Waals surface area contributed by atoms with Gasteiger partial charge in [0.2, 0.25) is 5.91 Å². The van der Waals surface area contributed by atoms with Crippen molar-refractivity contribution in [2.24, 2.45) is 7.05 Å². The molecular formula is C22H29ClN4O3. The first-order valence-corrected chi connectivity index (χ1v) is 11.0. The van der Waals surface area contributed by atoms with Crippen molar-refractivity contribution in [1.29, 1.82) is 0 Å². The molecule has 8 heteroatoms. The average molecular weight is 433 g/mol. The zero-order valence-corrected chi connectivity index (χ0v) is 18.2. The number of morpholine rings is 1. The molecule has 30 heavy (non-hydrogen) atoms. The van der Waals surface area contributed by atoms with Crippen LogP contribution in [0.2, 0.25) is 5.02 Å². The maximum absolute atomic E-state index is 12.4.